The molecule has 0 fully saturated rings. The van der Waals surface area contributed by atoms with Crippen LogP contribution in [0.3, 0.4) is 0 Å². The van der Waals surface area contributed by atoms with Crippen LogP contribution >= 0.6 is 11.8 Å². The molecule has 5 rings (SSSR count). The van der Waals surface area contributed by atoms with Crippen molar-refractivity contribution in [3.05, 3.63) is 115 Å². The van der Waals surface area contributed by atoms with Crippen molar-refractivity contribution in [2.45, 2.75) is 24.1 Å². The van der Waals surface area contributed by atoms with E-state index in [-0.39, 0.29) is 5.25 Å². The molecule has 1 atom stereocenters. The van der Waals surface area contributed by atoms with E-state index in [2.05, 4.69) is 60.5 Å². The number of aromatic nitrogens is 4. The van der Waals surface area contributed by atoms with Crippen molar-refractivity contribution in [1.29, 1.82) is 0 Å². The fourth-order valence-electron chi connectivity index (χ4n) is 3.84. The summed E-state index contributed by atoms with van der Waals surface area (Å²) in [6, 6.07) is 32.6. The topological polar surface area (TPSA) is 55.6 Å². The van der Waals surface area contributed by atoms with Crippen LogP contribution in [0.2, 0.25) is 0 Å². The molecule has 0 saturated heterocycles. The number of hydrogen-bond acceptors (Lipinski definition) is 5. The second-order valence-corrected chi connectivity index (χ2v) is 9.27. The van der Waals surface area contributed by atoms with Crippen molar-refractivity contribution >= 4 is 23.4 Å². The Labute approximate surface area is 203 Å². The summed E-state index contributed by atoms with van der Waals surface area (Å²) in [5.74, 6) is 0.558. The molecule has 168 valence electrons. The predicted molar refractivity (Wildman–Crippen MR) is 140 cm³/mol. The first kappa shape index (κ1) is 21.9. The number of nitrogens with zero attached hydrogens (tertiary/aromatic N) is 4. The maximum Gasteiger partial charge on any atom is 0.227 e. The van der Waals surface area contributed by atoms with Gasteiger partial charge in [0.15, 0.2) is 0 Å². The zero-order chi connectivity index (χ0) is 23.3. The van der Waals surface area contributed by atoms with Gasteiger partial charge in [0.05, 0.1) is 22.6 Å². The molecular weight excluding hydrogens is 438 g/mol. The van der Waals surface area contributed by atoms with Gasteiger partial charge in [-0.15, -0.1) is 0 Å². The summed E-state index contributed by atoms with van der Waals surface area (Å²) < 4.78 is 2.00. The summed E-state index contributed by atoms with van der Waals surface area (Å²) in [5.41, 5.74) is 6.14. The average molecular weight is 464 g/mol. The Kier molecular flexibility index (Phi) is 6.40. The van der Waals surface area contributed by atoms with Crippen LogP contribution in [0.25, 0.3) is 16.9 Å². The van der Waals surface area contributed by atoms with Crippen molar-refractivity contribution in [2.24, 2.45) is 0 Å². The van der Waals surface area contributed by atoms with Gasteiger partial charge in [-0.1, -0.05) is 78.5 Å². The highest BCUT2D eigenvalue weighted by Gasteiger charge is 2.22. The van der Waals surface area contributed by atoms with Gasteiger partial charge in [-0.2, -0.15) is 5.10 Å². The molecule has 6 heteroatoms. The number of thioether (sulfide) groups is 1. The first-order chi connectivity index (χ1) is 16.7. The van der Waals surface area contributed by atoms with Crippen molar-refractivity contribution in [2.75, 3.05) is 5.32 Å². The Hall–Kier alpha value is -3.90. The normalized spacial score (nSPS) is 11.8. The Bertz CT molecular complexity index is 1370. The van der Waals surface area contributed by atoms with E-state index < -0.39 is 0 Å². The highest BCUT2D eigenvalue weighted by atomic mass is 32.2. The van der Waals surface area contributed by atoms with Gasteiger partial charge in [0.1, 0.15) is 5.03 Å². The lowest BCUT2D eigenvalue weighted by Gasteiger charge is -2.11. The number of benzene rings is 3. The molecule has 3 aromatic carbocycles. The summed E-state index contributed by atoms with van der Waals surface area (Å²) in [4.78, 5) is 9.29. The molecule has 1 N–H and O–H groups in total. The number of nitrogens with one attached hydrogen (secondary N) is 1. The maximum atomic E-state index is 5.03. The van der Waals surface area contributed by atoms with E-state index in [1.165, 1.54) is 5.56 Å². The van der Waals surface area contributed by atoms with Crippen LogP contribution in [0.1, 0.15) is 23.4 Å². The smallest absolute Gasteiger partial charge is 0.227 e. The van der Waals surface area contributed by atoms with E-state index in [0.717, 1.165) is 33.4 Å². The molecule has 0 aliphatic heterocycles. The molecule has 0 aliphatic rings. The van der Waals surface area contributed by atoms with Crippen molar-refractivity contribution < 1.29 is 0 Å². The van der Waals surface area contributed by atoms with E-state index in [1.54, 1.807) is 18.0 Å². The van der Waals surface area contributed by atoms with Gasteiger partial charge in [0.2, 0.25) is 5.95 Å². The molecule has 34 heavy (non-hydrogen) atoms. The maximum absolute atomic E-state index is 5.03. The van der Waals surface area contributed by atoms with Crippen molar-refractivity contribution in [3.63, 3.8) is 0 Å². The molecule has 2 aromatic heterocycles. The van der Waals surface area contributed by atoms with Gasteiger partial charge in [-0.25, -0.2) is 14.6 Å². The van der Waals surface area contributed by atoms with E-state index in [4.69, 9.17) is 10.1 Å². The highest BCUT2D eigenvalue weighted by molar-refractivity contribution is 7.99. The first-order valence-corrected chi connectivity index (χ1v) is 12.1. The summed E-state index contributed by atoms with van der Waals surface area (Å²) in [5, 5.41) is 9.52. The van der Waals surface area contributed by atoms with Gasteiger partial charge in [-0.05, 0) is 49.7 Å². The van der Waals surface area contributed by atoms with Gasteiger partial charge >= 0.3 is 0 Å². The first-order valence-electron chi connectivity index (χ1n) is 11.2. The second kappa shape index (κ2) is 9.93. The molecule has 0 bridgehead atoms. The third-order valence-corrected chi connectivity index (χ3v) is 6.72. The number of rotatable bonds is 7. The summed E-state index contributed by atoms with van der Waals surface area (Å²) in [7, 11) is 0. The molecule has 2 heterocycles. The molecule has 0 amide bonds. The van der Waals surface area contributed by atoms with Gasteiger partial charge in [-0.3, -0.25) is 0 Å². The van der Waals surface area contributed by atoms with E-state index >= 15 is 0 Å². The van der Waals surface area contributed by atoms with Crippen LogP contribution in [0.15, 0.2) is 108 Å². The molecule has 0 spiro atoms. The van der Waals surface area contributed by atoms with Crippen LogP contribution in [-0.2, 0) is 0 Å². The average Bonchev–Trinajstić information content (AvgIpc) is 3.21. The fraction of sp³-hybridized carbons (Fsp3) is 0.107. The Morgan fingerprint density at radius 2 is 1.47 bits per heavy atom. The zero-order valence-electron chi connectivity index (χ0n) is 19.1. The standard InChI is InChI=1S/C28H25N5S/c1-20-26(25-18-19-29-28(31-25)30-23-14-8-4-9-15-23)27(32-33(20)24-16-10-5-11-17-24)34-21(2)22-12-6-3-7-13-22/h3-19,21H,1-2H3,(H,29,30,31). The quantitative estimate of drug-likeness (QED) is 0.258. The van der Waals surface area contributed by atoms with Crippen LogP contribution in [-0.4, -0.2) is 19.7 Å². The molecule has 5 aromatic rings. The minimum Gasteiger partial charge on any atom is -0.324 e. The lowest BCUT2D eigenvalue weighted by molar-refractivity contribution is 0.812. The van der Waals surface area contributed by atoms with Crippen LogP contribution < -0.4 is 5.32 Å². The van der Waals surface area contributed by atoms with Crippen molar-refractivity contribution in [1.82, 2.24) is 19.7 Å². The largest absolute Gasteiger partial charge is 0.324 e. The highest BCUT2D eigenvalue weighted by Crippen LogP contribution is 2.41. The van der Waals surface area contributed by atoms with Crippen LogP contribution in [0.4, 0.5) is 11.6 Å². The van der Waals surface area contributed by atoms with E-state index in [0.29, 0.717) is 5.95 Å². The molecule has 0 radical (unpaired) electrons. The monoisotopic (exact) mass is 463 g/mol. The van der Waals surface area contributed by atoms with Crippen LogP contribution in [0.5, 0.6) is 0 Å². The second-order valence-electron chi connectivity index (χ2n) is 7.94. The molecule has 1 unspecified atom stereocenters. The molecule has 0 saturated carbocycles. The molecular formula is C28H25N5S. The van der Waals surface area contributed by atoms with Crippen LogP contribution in [0, 0.1) is 6.92 Å². The number of hydrogen-bond donors (Lipinski definition) is 1. The Balaban J connectivity index is 1.56. The molecule has 0 aliphatic carbocycles. The minimum atomic E-state index is 0.238. The predicted octanol–water partition coefficient (Wildman–Crippen LogP) is 7.23. The SMILES string of the molecule is Cc1c(-c2ccnc(Nc3ccccc3)n2)c(SC(C)c2ccccc2)nn1-c1ccccc1. The summed E-state index contributed by atoms with van der Waals surface area (Å²) in [6.07, 6.45) is 1.79. The minimum absolute atomic E-state index is 0.238. The lowest BCUT2D eigenvalue weighted by Crippen LogP contribution is -2.00. The van der Waals surface area contributed by atoms with Gasteiger partial charge < -0.3 is 5.32 Å². The number of para-hydroxylation sites is 2. The van der Waals surface area contributed by atoms with Gasteiger partial charge in [0.25, 0.3) is 0 Å². The Morgan fingerprint density at radius 3 is 2.18 bits per heavy atom. The van der Waals surface area contributed by atoms with E-state index in [1.807, 2.05) is 65.3 Å². The third kappa shape index (κ3) is 4.72. The lowest BCUT2D eigenvalue weighted by atomic mass is 10.2. The van der Waals surface area contributed by atoms with Gasteiger partial charge in [0, 0.05) is 17.1 Å². The summed E-state index contributed by atoms with van der Waals surface area (Å²) >= 11 is 1.74. The van der Waals surface area contributed by atoms with Crippen molar-refractivity contribution in [3.8, 4) is 16.9 Å². The number of anilines is 2. The fourth-order valence-corrected chi connectivity index (χ4v) is 4.97. The third-order valence-electron chi connectivity index (χ3n) is 5.58. The van der Waals surface area contributed by atoms with E-state index in [9.17, 15) is 0 Å². The Morgan fingerprint density at radius 1 is 0.824 bits per heavy atom. The zero-order valence-corrected chi connectivity index (χ0v) is 19.9. The summed E-state index contributed by atoms with van der Waals surface area (Å²) in [6.45, 7) is 4.31. The molecule has 5 nitrogen and oxygen atoms in total.